The van der Waals surface area contributed by atoms with Crippen molar-refractivity contribution >= 4 is 23.1 Å². The molecule has 1 N–H and O–H groups in total. The third kappa shape index (κ3) is 3.52. The van der Waals surface area contributed by atoms with Crippen LogP contribution in [-0.4, -0.2) is 49.5 Å². The maximum Gasteiger partial charge on any atom is 0.0649 e. The van der Waals surface area contributed by atoms with Crippen molar-refractivity contribution in [2.45, 2.75) is 28.8 Å². The zero-order chi connectivity index (χ0) is 13.1. The fourth-order valence-corrected chi connectivity index (χ4v) is 5.33. The lowest BCUT2D eigenvalue weighted by atomic mass is 10.0. The molecule has 3 rings (SSSR count). The molecule has 1 aromatic heterocycles. The Labute approximate surface area is 123 Å². The van der Waals surface area contributed by atoms with Crippen LogP contribution in [0.1, 0.15) is 24.9 Å². The molecule has 19 heavy (non-hydrogen) atoms. The van der Waals surface area contributed by atoms with Gasteiger partial charge in [0, 0.05) is 37.5 Å². The molecule has 1 fully saturated rings. The second-order valence-electron chi connectivity index (χ2n) is 5.29. The van der Waals surface area contributed by atoms with E-state index in [-0.39, 0.29) is 0 Å². The van der Waals surface area contributed by atoms with Gasteiger partial charge in [-0.15, -0.1) is 23.1 Å². The van der Waals surface area contributed by atoms with Crippen LogP contribution >= 0.6 is 23.1 Å². The Bertz CT molecular complexity index is 404. The smallest absolute Gasteiger partial charge is 0.0649 e. The van der Waals surface area contributed by atoms with Gasteiger partial charge in [0.25, 0.3) is 0 Å². The van der Waals surface area contributed by atoms with Gasteiger partial charge in [0.1, 0.15) is 0 Å². The monoisotopic (exact) mass is 298 g/mol. The topological polar surface area (TPSA) is 24.5 Å². The molecule has 0 amide bonds. The molecule has 1 unspecified atom stereocenters. The minimum Gasteiger partial charge on any atom is -0.379 e. The number of hydrogen-bond donors (Lipinski definition) is 1. The van der Waals surface area contributed by atoms with Crippen molar-refractivity contribution in [1.82, 2.24) is 10.2 Å². The van der Waals surface area contributed by atoms with Crippen molar-refractivity contribution in [3.05, 3.63) is 17.0 Å². The molecule has 2 aliphatic rings. The third-order valence-electron chi connectivity index (χ3n) is 3.83. The van der Waals surface area contributed by atoms with E-state index in [1.165, 1.54) is 16.2 Å². The number of morpholine rings is 1. The van der Waals surface area contributed by atoms with Gasteiger partial charge in [0.2, 0.25) is 0 Å². The molecular formula is C14H22N2OS2. The summed E-state index contributed by atoms with van der Waals surface area (Å²) >= 11 is 3.93. The Balaban J connectivity index is 1.50. The van der Waals surface area contributed by atoms with E-state index >= 15 is 0 Å². The molecule has 0 aliphatic carbocycles. The van der Waals surface area contributed by atoms with Gasteiger partial charge in [0.05, 0.1) is 17.4 Å². The fraction of sp³-hybridized carbons (Fsp3) is 0.714. The fourth-order valence-electron chi connectivity index (χ4n) is 2.76. The normalized spacial score (nSPS) is 28.3. The van der Waals surface area contributed by atoms with E-state index in [4.69, 9.17) is 4.74 Å². The molecule has 0 bridgehead atoms. The maximum absolute atomic E-state index is 5.38. The summed E-state index contributed by atoms with van der Waals surface area (Å²) in [5.74, 6) is 0. The van der Waals surface area contributed by atoms with Gasteiger partial charge < -0.3 is 10.1 Å². The van der Waals surface area contributed by atoms with Crippen LogP contribution in [0.25, 0.3) is 0 Å². The van der Waals surface area contributed by atoms with E-state index in [2.05, 4.69) is 28.6 Å². The van der Waals surface area contributed by atoms with Gasteiger partial charge in [-0.1, -0.05) is 6.92 Å². The molecule has 5 heteroatoms. The summed E-state index contributed by atoms with van der Waals surface area (Å²) in [6.45, 7) is 8.52. The van der Waals surface area contributed by atoms with E-state index in [0.29, 0.717) is 6.04 Å². The minimum atomic E-state index is 0.554. The summed E-state index contributed by atoms with van der Waals surface area (Å²) in [7, 11) is 0. The second-order valence-corrected chi connectivity index (χ2v) is 7.91. The Morgan fingerprint density at radius 1 is 1.42 bits per heavy atom. The molecule has 3 heterocycles. The van der Waals surface area contributed by atoms with Gasteiger partial charge in [-0.3, -0.25) is 4.90 Å². The largest absolute Gasteiger partial charge is 0.379 e. The summed E-state index contributed by atoms with van der Waals surface area (Å²) < 4.78 is 6.90. The highest BCUT2D eigenvalue weighted by Gasteiger charge is 2.25. The molecule has 0 saturated carbocycles. The molecule has 0 aromatic carbocycles. The summed E-state index contributed by atoms with van der Waals surface area (Å²) in [5.41, 5.74) is 1.52. The van der Waals surface area contributed by atoms with Crippen LogP contribution in [0.2, 0.25) is 0 Å². The van der Waals surface area contributed by atoms with E-state index in [1.54, 1.807) is 0 Å². The van der Waals surface area contributed by atoms with Crippen LogP contribution in [-0.2, 0) is 4.74 Å². The number of ether oxygens (including phenoxy) is 1. The molecule has 2 atom stereocenters. The summed E-state index contributed by atoms with van der Waals surface area (Å²) in [4.78, 5) is 2.49. The van der Waals surface area contributed by atoms with E-state index < -0.39 is 0 Å². The lowest BCUT2D eigenvalue weighted by Gasteiger charge is -2.30. The number of thioether (sulfide) groups is 1. The van der Waals surface area contributed by atoms with Crippen LogP contribution < -0.4 is 5.32 Å². The highest BCUT2D eigenvalue weighted by Crippen LogP contribution is 2.43. The summed E-state index contributed by atoms with van der Waals surface area (Å²) in [5, 5.41) is 6.71. The van der Waals surface area contributed by atoms with Gasteiger partial charge in [-0.05, 0) is 23.4 Å². The first-order chi connectivity index (χ1) is 9.33. The van der Waals surface area contributed by atoms with Crippen LogP contribution in [0.4, 0.5) is 0 Å². The van der Waals surface area contributed by atoms with Crippen molar-refractivity contribution in [1.29, 1.82) is 0 Å². The molecule has 3 nitrogen and oxygen atoms in total. The van der Waals surface area contributed by atoms with Crippen LogP contribution in [0.15, 0.2) is 15.7 Å². The number of rotatable bonds is 4. The number of thiophene rings is 1. The lowest BCUT2D eigenvalue weighted by molar-refractivity contribution is 0.0381. The Morgan fingerprint density at radius 3 is 3.11 bits per heavy atom. The van der Waals surface area contributed by atoms with Crippen molar-refractivity contribution < 1.29 is 4.74 Å². The molecule has 0 spiro atoms. The summed E-state index contributed by atoms with van der Waals surface area (Å²) in [6, 6.07) is 2.85. The lowest BCUT2D eigenvalue weighted by Crippen LogP contribution is -2.41. The van der Waals surface area contributed by atoms with E-state index in [0.717, 1.165) is 44.6 Å². The Kier molecular flexibility index (Phi) is 4.82. The molecule has 1 aromatic rings. The SMILES string of the molecule is C[C@H]1CC(NCCN2CCOCC2)c2ccsc2S1. The van der Waals surface area contributed by atoms with Gasteiger partial charge in [-0.2, -0.15) is 0 Å². The third-order valence-corrected chi connectivity index (χ3v) is 6.18. The number of nitrogens with one attached hydrogen (secondary N) is 1. The quantitative estimate of drug-likeness (QED) is 0.923. The van der Waals surface area contributed by atoms with Gasteiger partial charge in [0.15, 0.2) is 0 Å². The first kappa shape index (κ1) is 13.9. The molecule has 1 saturated heterocycles. The average Bonchev–Trinajstić information content (AvgIpc) is 2.88. The Hall–Kier alpha value is -0.0700. The minimum absolute atomic E-state index is 0.554. The predicted molar refractivity (Wildman–Crippen MR) is 82.3 cm³/mol. The Morgan fingerprint density at radius 2 is 2.26 bits per heavy atom. The molecule has 0 radical (unpaired) electrons. The summed E-state index contributed by atoms with van der Waals surface area (Å²) in [6.07, 6.45) is 1.25. The molecular weight excluding hydrogens is 276 g/mol. The van der Waals surface area contributed by atoms with Crippen LogP contribution in [0.5, 0.6) is 0 Å². The van der Waals surface area contributed by atoms with Crippen LogP contribution in [0.3, 0.4) is 0 Å². The van der Waals surface area contributed by atoms with E-state index in [1.807, 2.05) is 23.1 Å². The second kappa shape index (κ2) is 6.59. The average molecular weight is 298 g/mol. The molecule has 2 aliphatic heterocycles. The maximum atomic E-state index is 5.38. The van der Waals surface area contributed by atoms with Gasteiger partial charge in [-0.25, -0.2) is 0 Å². The van der Waals surface area contributed by atoms with Gasteiger partial charge >= 0.3 is 0 Å². The van der Waals surface area contributed by atoms with Crippen LogP contribution in [0, 0.1) is 0 Å². The molecule has 106 valence electrons. The highest BCUT2D eigenvalue weighted by molar-refractivity contribution is 8.01. The van der Waals surface area contributed by atoms with E-state index in [9.17, 15) is 0 Å². The number of hydrogen-bond acceptors (Lipinski definition) is 5. The van der Waals surface area contributed by atoms with Crippen molar-refractivity contribution in [3.8, 4) is 0 Å². The van der Waals surface area contributed by atoms with Crippen molar-refractivity contribution in [2.75, 3.05) is 39.4 Å². The first-order valence-corrected chi connectivity index (χ1v) is 8.86. The zero-order valence-corrected chi connectivity index (χ0v) is 13.1. The standard InChI is InChI=1S/C14H22N2OS2/c1-11-10-13(12-2-9-18-14(12)19-11)15-3-4-16-5-7-17-8-6-16/h2,9,11,13,15H,3-8,10H2,1H3/t11-,13?/m0/s1. The van der Waals surface area contributed by atoms with Crippen molar-refractivity contribution in [3.63, 3.8) is 0 Å². The van der Waals surface area contributed by atoms with Crippen molar-refractivity contribution in [2.24, 2.45) is 0 Å². The highest BCUT2D eigenvalue weighted by atomic mass is 32.2. The number of fused-ring (bicyclic) bond motifs is 1. The number of nitrogens with zero attached hydrogens (tertiary/aromatic N) is 1. The predicted octanol–water partition coefficient (Wildman–Crippen LogP) is 2.60. The zero-order valence-electron chi connectivity index (χ0n) is 11.4. The first-order valence-electron chi connectivity index (χ1n) is 7.10.